The number of hydrogen-bond donors (Lipinski definition) is 1. The maximum Gasteiger partial charge on any atom is 0.346 e. The summed E-state index contributed by atoms with van der Waals surface area (Å²) in [6, 6.07) is 8.22. The number of halogens is 1. The molecule has 1 atom stereocenters. The standard InChI is InChI=1S/C14H13FO4S/c1-20(18,19)11-7-8-12(10-5-3-2-4-6-10)14(15,9-11)13(16)17/h2-8H,9H2,1H3,(H,16,17). The van der Waals surface area contributed by atoms with Crippen molar-refractivity contribution in [3.8, 4) is 0 Å². The molecule has 0 fully saturated rings. The lowest BCUT2D eigenvalue weighted by molar-refractivity contribution is -0.146. The molecule has 0 aromatic heterocycles. The van der Waals surface area contributed by atoms with E-state index in [1.807, 2.05) is 0 Å². The third kappa shape index (κ3) is 2.51. The number of benzene rings is 1. The summed E-state index contributed by atoms with van der Waals surface area (Å²) >= 11 is 0. The SMILES string of the molecule is CS(=O)(=O)C1=CC=C(c2ccccc2)C(F)(C(=O)O)C1. The molecular formula is C14H13FO4S. The van der Waals surface area contributed by atoms with E-state index in [0.717, 1.165) is 6.26 Å². The molecule has 1 aliphatic carbocycles. The molecule has 0 heterocycles. The summed E-state index contributed by atoms with van der Waals surface area (Å²) in [7, 11) is -3.62. The normalized spacial score (nSPS) is 22.9. The van der Waals surface area contributed by atoms with Crippen molar-refractivity contribution >= 4 is 21.4 Å². The second-order valence-corrected chi connectivity index (χ2v) is 6.70. The van der Waals surface area contributed by atoms with Crippen molar-refractivity contribution in [2.45, 2.75) is 12.1 Å². The fourth-order valence-corrected chi connectivity index (χ4v) is 2.87. The molecule has 0 saturated carbocycles. The van der Waals surface area contributed by atoms with Crippen molar-refractivity contribution in [3.63, 3.8) is 0 Å². The van der Waals surface area contributed by atoms with E-state index in [-0.39, 0.29) is 10.5 Å². The Morgan fingerprint density at radius 2 is 1.85 bits per heavy atom. The first-order valence-electron chi connectivity index (χ1n) is 5.84. The number of carboxylic acid groups (broad SMARTS) is 1. The van der Waals surface area contributed by atoms with E-state index in [1.54, 1.807) is 30.3 Å². The van der Waals surface area contributed by atoms with E-state index in [9.17, 15) is 22.7 Å². The molecular weight excluding hydrogens is 283 g/mol. The summed E-state index contributed by atoms with van der Waals surface area (Å²) in [5, 5.41) is 9.17. The second kappa shape index (κ2) is 4.86. The topological polar surface area (TPSA) is 71.4 Å². The molecule has 0 amide bonds. The Morgan fingerprint density at radius 1 is 1.25 bits per heavy atom. The van der Waals surface area contributed by atoms with Gasteiger partial charge in [0.05, 0.1) is 0 Å². The van der Waals surface area contributed by atoms with Gasteiger partial charge < -0.3 is 5.11 Å². The van der Waals surface area contributed by atoms with Crippen LogP contribution in [0.4, 0.5) is 4.39 Å². The van der Waals surface area contributed by atoms with E-state index in [1.165, 1.54) is 12.2 Å². The van der Waals surface area contributed by atoms with Crippen LogP contribution in [0.5, 0.6) is 0 Å². The summed E-state index contributed by atoms with van der Waals surface area (Å²) in [4.78, 5) is 11.1. The first-order valence-corrected chi connectivity index (χ1v) is 7.73. The Morgan fingerprint density at radius 3 is 2.35 bits per heavy atom. The minimum Gasteiger partial charge on any atom is -0.479 e. The monoisotopic (exact) mass is 296 g/mol. The third-order valence-electron chi connectivity index (χ3n) is 3.18. The van der Waals surface area contributed by atoms with Gasteiger partial charge in [0.2, 0.25) is 5.67 Å². The number of aliphatic carboxylic acids is 1. The Hall–Kier alpha value is -1.95. The largest absolute Gasteiger partial charge is 0.479 e. The molecule has 106 valence electrons. The van der Waals surface area contributed by atoms with Gasteiger partial charge in [0.1, 0.15) is 0 Å². The molecule has 4 nitrogen and oxygen atoms in total. The highest BCUT2D eigenvalue weighted by Crippen LogP contribution is 2.40. The Balaban J connectivity index is 2.61. The summed E-state index contributed by atoms with van der Waals surface area (Å²) in [6.45, 7) is 0. The van der Waals surface area contributed by atoms with Crippen molar-refractivity contribution < 1.29 is 22.7 Å². The molecule has 0 aliphatic heterocycles. The van der Waals surface area contributed by atoms with Gasteiger partial charge in [0, 0.05) is 23.2 Å². The molecule has 0 radical (unpaired) electrons. The number of carboxylic acids is 1. The molecule has 2 rings (SSSR count). The zero-order chi connectivity index (χ0) is 15.0. The highest BCUT2D eigenvalue weighted by atomic mass is 32.2. The molecule has 1 aliphatic rings. The first-order chi connectivity index (χ1) is 9.25. The maximum atomic E-state index is 14.9. The van der Waals surface area contributed by atoms with Gasteiger partial charge in [-0.05, 0) is 11.6 Å². The summed E-state index contributed by atoms with van der Waals surface area (Å²) in [6.07, 6.45) is 2.73. The van der Waals surface area contributed by atoms with E-state index < -0.39 is 27.9 Å². The van der Waals surface area contributed by atoms with Crippen LogP contribution >= 0.6 is 0 Å². The van der Waals surface area contributed by atoms with Crippen molar-refractivity contribution in [2.24, 2.45) is 0 Å². The van der Waals surface area contributed by atoms with Crippen molar-refractivity contribution in [1.82, 2.24) is 0 Å². The lowest BCUT2D eigenvalue weighted by atomic mass is 9.84. The molecule has 0 saturated heterocycles. The van der Waals surface area contributed by atoms with Crippen LogP contribution in [-0.4, -0.2) is 31.4 Å². The van der Waals surface area contributed by atoms with Crippen molar-refractivity contribution in [2.75, 3.05) is 6.26 Å². The zero-order valence-corrected chi connectivity index (χ0v) is 11.5. The van der Waals surface area contributed by atoms with E-state index in [4.69, 9.17) is 0 Å². The number of carbonyl (C=O) groups is 1. The minimum absolute atomic E-state index is 0.0435. The molecule has 0 spiro atoms. The number of hydrogen-bond acceptors (Lipinski definition) is 3. The van der Waals surface area contributed by atoms with Crippen LogP contribution in [0.3, 0.4) is 0 Å². The van der Waals surface area contributed by atoms with Gasteiger partial charge in [-0.25, -0.2) is 17.6 Å². The van der Waals surface area contributed by atoms with Crippen LogP contribution in [0.25, 0.3) is 5.57 Å². The van der Waals surface area contributed by atoms with Crippen LogP contribution in [0.2, 0.25) is 0 Å². The highest BCUT2D eigenvalue weighted by Gasteiger charge is 2.46. The Bertz CT molecular complexity index is 704. The van der Waals surface area contributed by atoms with Crippen molar-refractivity contribution in [1.29, 1.82) is 0 Å². The molecule has 1 N–H and O–H groups in total. The van der Waals surface area contributed by atoms with Crippen LogP contribution in [-0.2, 0) is 14.6 Å². The lowest BCUT2D eigenvalue weighted by Gasteiger charge is -2.27. The molecule has 6 heteroatoms. The lowest BCUT2D eigenvalue weighted by Crippen LogP contribution is -2.37. The average Bonchev–Trinajstić information content (AvgIpc) is 2.38. The quantitative estimate of drug-likeness (QED) is 0.928. The zero-order valence-electron chi connectivity index (χ0n) is 10.7. The van der Waals surface area contributed by atoms with Gasteiger partial charge in [0.25, 0.3) is 0 Å². The molecule has 0 bridgehead atoms. The van der Waals surface area contributed by atoms with Gasteiger partial charge in [-0.15, -0.1) is 0 Å². The highest BCUT2D eigenvalue weighted by molar-refractivity contribution is 7.94. The van der Waals surface area contributed by atoms with Crippen LogP contribution in [0.15, 0.2) is 47.4 Å². The van der Waals surface area contributed by atoms with Gasteiger partial charge in [-0.2, -0.15) is 0 Å². The first kappa shape index (κ1) is 14.5. The third-order valence-corrected chi connectivity index (χ3v) is 4.41. The van der Waals surface area contributed by atoms with Crippen LogP contribution in [0, 0.1) is 0 Å². The fraction of sp³-hybridized carbons (Fsp3) is 0.214. The van der Waals surface area contributed by atoms with E-state index in [0.29, 0.717) is 5.56 Å². The van der Waals surface area contributed by atoms with E-state index in [2.05, 4.69) is 0 Å². The number of rotatable bonds is 3. The molecule has 1 aromatic carbocycles. The molecule has 1 unspecified atom stereocenters. The maximum absolute atomic E-state index is 14.9. The molecule has 1 aromatic rings. The van der Waals surface area contributed by atoms with Gasteiger partial charge in [-0.3, -0.25) is 0 Å². The summed E-state index contributed by atoms with van der Waals surface area (Å²) in [5.41, 5.74) is -2.37. The molecule has 20 heavy (non-hydrogen) atoms. The predicted octanol–water partition coefficient (Wildman–Crippen LogP) is 2.20. The number of allylic oxidation sites excluding steroid dienone is 3. The van der Waals surface area contributed by atoms with Crippen molar-refractivity contribution in [3.05, 3.63) is 53.0 Å². The van der Waals surface area contributed by atoms with Gasteiger partial charge in [-0.1, -0.05) is 36.4 Å². The Kier molecular flexibility index (Phi) is 3.52. The van der Waals surface area contributed by atoms with Gasteiger partial charge >= 0.3 is 5.97 Å². The van der Waals surface area contributed by atoms with Gasteiger partial charge in [0.15, 0.2) is 9.84 Å². The Labute approximate surface area is 116 Å². The fourth-order valence-electron chi connectivity index (χ4n) is 2.09. The average molecular weight is 296 g/mol. The van der Waals surface area contributed by atoms with Crippen LogP contribution in [0.1, 0.15) is 12.0 Å². The smallest absolute Gasteiger partial charge is 0.346 e. The predicted molar refractivity (Wildman–Crippen MR) is 73.4 cm³/mol. The number of alkyl halides is 1. The minimum atomic E-state index is -3.62. The second-order valence-electron chi connectivity index (χ2n) is 4.63. The van der Waals surface area contributed by atoms with E-state index >= 15 is 0 Å². The number of sulfone groups is 1. The summed E-state index contributed by atoms with van der Waals surface area (Å²) in [5.74, 6) is -1.69. The van der Waals surface area contributed by atoms with Crippen LogP contribution < -0.4 is 0 Å². The summed E-state index contributed by atoms with van der Waals surface area (Å²) < 4.78 is 37.8.